The highest BCUT2D eigenvalue weighted by molar-refractivity contribution is 6.30. The van der Waals surface area contributed by atoms with Crippen molar-refractivity contribution in [1.29, 1.82) is 0 Å². The zero-order chi connectivity index (χ0) is 34.5. The second-order valence-corrected chi connectivity index (χ2v) is 14.3. The van der Waals surface area contributed by atoms with Gasteiger partial charge in [-0.25, -0.2) is 14.6 Å². The maximum atomic E-state index is 13.1. The molecule has 11 heteroatoms. The summed E-state index contributed by atoms with van der Waals surface area (Å²) in [7, 11) is 1.88. The molecule has 1 aromatic carbocycles. The highest BCUT2D eigenvalue weighted by Gasteiger charge is 2.42. The molecule has 0 spiro atoms. The van der Waals surface area contributed by atoms with Gasteiger partial charge in [-0.2, -0.15) is 0 Å². The molecule has 1 saturated carbocycles. The van der Waals surface area contributed by atoms with Gasteiger partial charge in [0.15, 0.2) is 0 Å². The first-order chi connectivity index (χ1) is 22.1. The predicted octanol–water partition coefficient (Wildman–Crippen LogP) is 7.15. The van der Waals surface area contributed by atoms with Crippen LogP contribution in [0.2, 0.25) is 5.02 Å². The van der Waals surface area contributed by atoms with Crippen molar-refractivity contribution in [1.82, 2.24) is 24.7 Å². The first-order valence-corrected chi connectivity index (χ1v) is 16.7. The van der Waals surface area contributed by atoms with Crippen molar-refractivity contribution in [3.05, 3.63) is 83.1 Å². The molecule has 47 heavy (non-hydrogen) atoms. The fourth-order valence-corrected chi connectivity index (χ4v) is 5.71. The summed E-state index contributed by atoms with van der Waals surface area (Å²) >= 11 is 6.64. The Kier molecular flexibility index (Phi) is 11.5. The summed E-state index contributed by atoms with van der Waals surface area (Å²) in [5.41, 5.74) is 9.06. The number of ether oxygens (including phenoxy) is 2. The maximum Gasteiger partial charge on any atom is 0.410 e. The zero-order valence-electron chi connectivity index (χ0n) is 28.9. The van der Waals surface area contributed by atoms with Crippen molar-refractivity contribution < 1.29 is 19.1 Å². The van der Waals surface area contributed by atoms with Crippen LogP contribution in [0.5, 0.6) is 0 Å². The van der Waals surface area contributed by atoms with Crippen molar-refractivity contribution >= 4 is 29.4 Å². The van der Waals surface area contributed by atoms with Gasteiger partial charge in [-0.3, -0.25) is 4.90 Å². The quantitative estimate of drug-likeness (QED) is 0.231. The molecule has 4 rings (SSSR count). The van der Waals surface area contributed by atoms with Crippen LogP contribution in [-0.2, 0) is 16.5 Å². The van der Waals surface area contributed by atoms with Crippen molar-refractivity contribution in [3.8, 4) is 0 Å². The number of carbonyl (C=O) groups is 2. The second-order valence-electron chi connectivity index (χ2n) is 13.9. The molecule has 10 nitrogen and oxygen atoms in total. The number of piperazine rings is 1. The normalized spacial score (nSPS) is 18.2. The van der Waals surface area contributed by atoms with Crippen molar-refractivity contribution in [2.24, 2.45) is 18.7 Å². The smallest absolute Gasteiger partial charge is 0.410 e. The van der Waals surface area contributed by atoms with Crippen molar-refractivity contribution in [2.75, 3.05) is 26.2 Å². The molecule has 1 aromatic heterocycles. The van der Waals surface area contributed by atoms with Crippen LogP contribution in [0.4, 0.5) is 9.59 Å². The Morgan fingerprint density at radius 2 is 1.89 bits per heavy atom. The molecule has 0 bridgehead atoms. The second kappa shape index (κ2) is 15.0. The fraction of sp³-hybridized carbons (Fsp3) is 0.528. The van der Waals surface area contributed by atoms with E-state index in [4.69, 9.17) is 26.8 Å². The van der Waals surface area contributed by atoms with E-state index in [1.54, 1.807) is 17.4 Å². The summed E-state index contributed by atoms with van der Waals surface area (Å²) in [5, 5.41) is 3.62. The lowest BCUT2D eigenvalue weighted by atomic mass is 9.87. The van der Waals surface area contributed by atoms with Crippen LogP contribution in [0.1, 0.15) is 89.7 Å². The fourth-order valence-electron chi connectivity index (χ4n) is 5.54. The van der Waals surface area contributed by atoms with Gasteiger partial charge >= 0.3 is 12.2 Å². The largest absolute Gasteiger partial charge is 0.443 e. The van der Waals surface area contributed by atoms with Crippen LogP contribution in [0.15, 0.2) is 61.2 Å². The molecule has 1 saturated heterocycles. The number of nitrogens with zero attached hydrogens (tertiary/aromatic N) is 4. The van der Waals surface area contributed by atoms with E-state index in [0.29, 0.717) is 43.2 Å². The Labute approximate surface area is 284 Å². The van der Waals surface area contributed by atoms with Crippen LogP contribution in [0, 0.1) is 5.92 Å². The van der Waals surface area contributed by atoms with Gasteiger partial charge in [0.25, 0.3) is 0 Å². The van der Waals surface area contributed by atoms with E-state index < -0.39 is 23.3 Å². The number of rotatable bonds is 12. The SMILES string of the molecule is C=C(c1cc(Cl)ccc1C(C/C(C)=C\C=C/N)N1CCN(C(=O)OC(C)(C)C(C)C)CC1)C(NC(=O)OC1(C)CC1)c1cncn1C. The number of carbonyl (C=O) groups excluding carboxylic acids is 2. The molecular weight excluding hydrogens is 616 g/mol. The minimum absolute atomic E-state index is 0.0868. The van der Waals surface area contributed by atoms with E-state index in [2.05, 4.69) is 28.7 Å². The van der Waals surface area contributed by atoms with Gasteiger partial charge in [0.05, 0.1) is 24.3 Å². The average molecular weight is 667 g/mol. The van der Waals surface area contributed by atoms with Gasteiger partial charge in [0.1, 0.15) is 11.2 Å². The van der Waals surface area contributed by atoms with Gasteiger partial charge in [-0.05, 0) is 94.0 Å². The Balaban J connectivity index is 1.66. The summed E-state index contributed by atoms with van der Waals surface area (Å²) < 4.78 is 13.5. The van der Waals surface area contributed by atoms with Crippen LogP contribution >= 0.6 is 11.6 Å². The van der Waals surface area contributed by atoms with Gasteiger partial charge in [-0.15, -0.1) is 0 Å². The van der Waals surface area contributed by atoms with E-state index in [1.807, 2.05) is 76.6 Å². The lowest BCUT2D eigenvalue weighted by Crippen LogP contribution is -2.51. The van der Waals surface area contributed by atoms with Gasteiger partial charge < -0.3 is 30.0 Å². The van der Waals surface area contributed by atoms with Crippen molar-refractivity contribution in [3.63, 3.8) is 0 Å². The topological polar surface area (TPSA) is 115 Å². The van der Waals surface area contributed by atoms with Gasteiger partial charge in [-0.1, -0.05) is 49.7 Å². The number of allylic oxidation sites excluding steroid dienone is 2. The molecule has 2 fully saturated rings. The molecule has 2 aliphatic rings. The molecular formula is C36H51ClN6O4. The number of hydrogen-bond acceptors (Lipinski definition) is 7. The molecule has 1 aliphatic carbocycles. The average Bonchev–Trinajstić information content (AvgIpc) is 3.59. The number of hydrogen-bond donors (Lipinski definition) is 2. The van der Waals surface area contributed by atoms with E-state index in [-0.39, 0.29) is 18.1 Å². The molecule has 1 aliphatic heterocycles. The van der Waals surface area contributed by atoms with Gasteiger partial charge in [0.2, 0.25) is 0 Å². The highest BCUT2D eigenvalue weighted by Crippen LogP contribution is 2.41. The Bertz CT molecular complexity index is 1500. The number of alkyl carbamates (subject to hydrolysis) is 1. The Morgan fingerprint density at radius 1 is 1.21 bits per heavy atom. The van der Waals surface area contributed by atoms with E-state index in [0.717, 1.165) is 35.2 Å². The molecule has 0 radical (unpaired) electrons. The van der Waals surface area contributed by atoms with E-state index in [1.165, 1.54) is 6.20 Å². The van der Waals surface area contributed by atoms with Crippen LogP contribution in [0.3, 0.4) is 0 Å². The van der Waals surface area contributed by atoms with E-state index in [9.17, 15) is 9.59 Å². The summed E-state index contributed by atoms with van der Waals surface area (Å²) in [6.07, 6.45) is 10.3. The third kappa shape index (κ3) is 9.20. The standard InChI is InChI=1S/C36H51ClN6O4/c1-24(2)35(5,6)47-34(45)43-18-16-42(17-19-43)30(20-25(3)10-9-15-38)28-12-11-27(37)21-29(28)26(4)32(31-22-39-23-41(31)8)40-33(44)46-36(7)13-14-36/h9-12,15,21-24,30,32H,4,13-14,16-20,38H2,1-3,5-8H3,(H,40,44)/b15-9-,25-10-. The molecule has 2 atom stereocenters. The third-order valence-corrected chi connectivity index (χ3v) is 9.77. The number of nitrogens with two attached hydrogens (primary N) is 1. The van der Waals surface area contributed by atoms with Crippen LogP contribution < -0.4 is 11.1 Å². The summed E-state index contributed by atoms with van der Waals surface area (Å²) in [6.45, 7) is 18.9. The number of aryl methyl sites for hydroxylation is 1. The number of benzene rings is 1. The number of amides is 2. The number of nitrogens with one attached hydrogen (secondary N) is 1. The minimum Gasteiger partial charge on any atom is -0.443 e. The van der Waals surface area contributed by atoms with E-state index >= 15 is 0 Å². The van der Waals surface area contributed by atoms with Crippen LogP contribution in [-0.4, -0.2) is 68.9 Å². The molecule has 3 N–H and O–H groups in total. The molecule has 2 unspecified atom stereocenters. The van der Waals surface area contributed by atoms with Gasteiger partial charge in [0, 0.05) is 44.3 Å². The van der Waals surface area contributed by atoms with Crippen molar-refractivity contribution in [2.45, 2.75) is 84.1 Å². The molecule has 2 aromatic rings. The first kappa shape index (κ1) is 36.1. The monoisotopic (exact) mass is 666 g/mol. The number of aromatic nitrogens is 2. The summed E-state index contributed by atoms with van der Waals surface area (Å²) in [4.78, 5) is 34.7. The Morgan fingerprint density at radius 3 is 2.47 bits per heavy atom. The first-order valence-electron chi connectivity index (χ1n) is 16.3. The maximum absolute atomic E-state index is 13.1. The molecule has 256 valence electrons. The number of halogens is 1. The minimum atomic E-state index is -0.622. The summed E-state index contributed by atoms with van der Waals surface area (Å²) in [5.74, 6) is 0.189. The lowest BCUT2D eigenvalue weighted by molar-refractivity contribution is -0.0232. The zero-order valence-corrected chi connectivity index (χ0v) is 29.6. The van der Waals surface area contributed by atoms with Crippen LogP contribution in [0.25, 0.3) is 5.57 Å². The predicted molar refractivity (Wildman–Crippen MR) is 187 cm³/mol. The summed E-state index contributed by atoms with van der Waals surface area (Å²) in [6, 6.07) is 5.12. The Hall–Kier alpha value is -3.76. The highest BCUT2D eigenvalue weighted by atomic mass is 35.5. The third-order valence-electron chi connectivity index (χ3n) is 9.54. The number of imidazole rings is 1. The lowest BCUT2D eigenvalue weighted by Gasteiger charge is -2.41. The molecule has 2 heterocycles. The molecule has 2 amide bonds.